The molecule has 0 bridgehead atoms. The smallest absolute Gasteiger partial charge is 0.253 e. The number of thioether (sulfide) groups is 1. The van der Waals surface area contributed by atoms with Crippen molar-refractivity contribution in [2.24, 2.45) is 5.10 Å². The molecule has 0 aliphatic rings. The summed E-state index contributed by atoms with van der Waals surface area (Å²) in [5.74, 6) is 0.661. The molecule has 1 aromatic carbocycles. The predicted molar refractivity (Wildman–Crippen MR) is 97.5 cm³/mol. The Morgan fingerprint density at radius 3 is 2.67 bits per heavy atom. The van der Waals surface area contributed by atoms with Crippen molar-refractivity contribution < 1.29 is 9.53 Å². The second-order valence-electron chi connectivity index (χ2n) is 5.06. The average Bonchev–Trinajstić information content (AvgIpc) is 2.61. The number of rotatable bonds is 7. The number of aromatic nitrogens is 1. The molecule has 1 unspecified atom stereocenters. The summed E-state index contributed by atoms with van der Waals surface area (Å²) in [4.78, 5) is 16.3. The van der Waals surface area contributed by atoms with Crippen molar-refractivity contribution in [3.8, 4) is 5.75 Å². The number of nitrogens with one attached hydrogen (secondary N) is 1. The molecule has 1 amide bonds. The molecule has 0 spiro atoms. The van der Waals surface area contributed by atoms with E-state index in [4.69, 9.17) is 4.74 Å². The quantitative estimate of drug-likeness (QED) is 0.475. The van der Waals surface area contributed by atoms with Gasteiger partial charge in [-0.05, 0) is 62.7 Å². The van der Waals surface area contributed by atoms with Crippen LogP contribution in [0.2, 0.25) is 0 Å². The molecule has 0 aliphatic carbocycles. The molecule has 2 rings (SSSR count). The lowest BCUT2D eigenvalue weighted by Gasteiger charge is -2.09. The Labute approximate surface area is 146 Å². The van der Waals surface area contributed by atoms with Crippen LogP contribution in [-0.2, 0) is 4.79 Å². The number of hydrazone groups is 1. The summed E-state index contributed by atoms with van der Waals surface area (Å²) in [7, 11) is 0. The van der Waals surface area contributed by atoms with E-state index < -0.39 is 0 Å². The molecular formula is C18H21N3O2S. The molecule has 0 radical (unpaired) electrons. The Kier molecular flexibility index (Phi) is 6.81. The van der Waals surface area contributed by atoms with Crippen LogP contribution in [0.25, 0.3) is 0 Å². The Balaban J connectivity index is 1.92. The highest BCUT2D eigenvalue weighted by Crippen LogP contribution is 2.20. The first kappa shape index (κ1) is 18.0. The Morgan fingerprint density at radius 1 is 1.29 bits per heavy atom. The number of hydrogen-bond acceptors (Lipinski definition) is 5. The minimum absolute atomic E-state index is 0.157. The van der Waals surface area contributed by atoms with Gasteiger partial charge in [0.2, 0.25) is 0 Å². The normalized spacial score (nSPS) is 12.5. The van der Waals surface area contributed by atoms with Gasteiger partial charge < -0.3 is 4.74 Å². The van der Waals surface area contributed by atoms with Crippen LogP contribution in [0.3, 0.4) is 0 Å². The highest BCUT2D eigenvalue weighted by molar-refractivity contribution is 8.00. The van der Waals surface area contributed by atoms with Crippen molar-refractivity contribution in [1.82, 2.24) is 10.4 Å². The molecule has 1 heterocycles. The lowest BCUT2D eigenvalue weighted by molar-refractivity contribution is -0.120. The zero-order valence-electron chi connectivity index (χ0n) is 14.0. The van der Waals surface area contributed by atoms with Crippen LogP contribution in [-0.4, -0.2) is 28.5 Å². The Hall–Kier alpha value is -2.34. The first-order chi connectivity index (χ1) is 11.6. The number of hydrogen-bond donors (Lipinski definition) is 1. The summed E-state index contributed by atoms with van der Waals surface area (Å²) in [6.45, 7) is 6.26. The summed E-state index contributed by atoms with van der Waals surface area (Å²) in [5.41, 5.74) is 4.28. The average molecular weight is 343 g/mol. The van der Waals surface area contributed by atoms with Gasteiger partial charge in [0.25, 0.3) is 5.91 Å². The van der Waals surface area contributed by atoms with E-state index in [1.165, 1.54) is 11.8 Å². The van der Waals surface area contributed by atoms with Gasteiger partial charge in [-0.25, -0.2) is 10.4 Å². The molecule has 6 heteroatoms. The number of ether oxygens (including phenoxy) is 1. The molecule has 5 nitrogen and oxygen atoms in total. The maximum absolute atomic E-state index is 12.1. The summed E-state index contributed by atoms with van der Waals surface area (Å²) in [6, 6.07) is 13.2. The Morgan fingerprint density at radius 2 is 2.04 bits per heavy atom. The van der Waals surface area contributed by atoms with Gasteiger partial charge in [0, 0.05) is 6.20 Å². The first-order valence-corrected chi connectivity index (χ1v) is 8.63. The topological polar surface area (TPSA) is 63.6 Å². The minimum Gasteiger partial charge on any atom is -0.494 e. The van der Waals surface area contributed by atoms with Crippen molar-refractivity contribution >= 4 is 23.4 Å². The number of amides is 1. The fraction of sp³-hybridized carbons (Fsp3) is 0.278. The van der Waals surface area contributed by atoms with Crippen molar-refractivity contribution in [3.63, 3.8) is 0 Å². The van der Waals surface area contributed by atoms with Crippen molar-refractivity contribution in [1.29, 1.82) is 0 Å². The van der Waals surface area contributed by atoms with E-state index in [2.05, 4.69) is 15.5 Å². The van der Waals surface area contributed by atoms with E-state index in [0.29, 0.717) is 6.61 Å². The summed E-state index contributed by atoms with van der Waals surface area (Å²) < 4.78 is 5.41. The summed E-state index contributed by atoms with van der Waals surface area (Å²) >= 11 is 1.40. The molecule has 1 N–H and O–H groups in total. The maximum atomic E-state index is 12.1. The predicted octanol–water partition coefficient (Wildman–Crippen LogP) is 3.50. The van der Waals surface area contributed by atoms with Gasteiger partial charge in [-0.2, -0.15) is 5.10 Å². The van der Waals surface area contributed by atoms with Gasteiger partial charge in [-0.3, -0.25) is 4.79 Å². The molecule has 24 heavy (non-hydrogen) atoms. The zero-order chi connectivity index (χ0) is 17.4. The van der Waals surface area contributed by atoms with Gasteiger partial charge in [0.15, 0.2) is 0 Å². The molecule has 0 fully saturated rings. The fourth-order valence-electron chi connectivity index (χ4n) is 1.90. The van der Waals surface area contributed by atoms with Crippen LogP contribution < -0.4 is 10.2 Å². The summed E-state index contributed by atoms with van der Waals surface area (Å²) in [6.07, 6.45) is 1.71. The third-order valence-corrected chi connectivity index (χ3v) is 4.27. The highest BCUT2D eigenvalue weighted by Gasteiger charge is 2.14. The van der Waals surface area contributed by atoms with Crippen molar-refractivity contribution in [3.05, 3.63) is 54.2 Å². The van der Waals surface area contributed by atoms with E-state index >= 15 is 0 Å². The molecule has 0 aliphatic heterocycles. The van der Waals surface area contributed by atoms with Gasteiger partial charge in [-0.1, -0.05) is 17.8 Å². The van der Waals surface area contributed by atoms with E-state index in [1.807, 2.05) is 63.2 Å². The molecule has 2 aromatic rings. The Bertz CT molecular complexity index is 687. The third-order valence-electron chi connectivity index (χ3n) is 3.22. The van der Waals surface area contributed by atoms with Crippen LogP contribution in [0, 0.1) is 0 Å². The van der Waals surface area contributed by atoms with Crippen molar-refractivity contribution in [2.45, 2.75) is 31.0 Å². The number of benzene rings is 1. The van der Waals surface area contributed by atoms with Gasteiger partial charge in [0.05, 0.1) is 22.6 Å². The van der Waals surface area contributed by atoms with Gasteiger partial charge in [-0.15, -0.1) is 0 Å². The number of carbonyl (C=O) groups is 1. The molecular weight excluding hydrogens is 322 g/mol. The van der Waals surface area contributed by atoms with Gasteiger partial charge >= 0.3 is 0 Å². The molecule has 126 valence electrons. The second kappa shape index (κ2) is 9.08. The van der Waals surface area contributed by atoms with E-state index in [-0.39, 0.29) is 11.2 Å². The molecule has 0 saturated heterocycles. The zero-order valence-corrected chi connectivity index (χ0v) is 14.8. The van der Waals surface area contributed by atoms with Crippen LogP contribution in [0.1, 0.15) is 26.3 Å². The lowest BCUT2D eigenvalue weighted by atomic mass is 10.1. The summed E-state index contributed by atoms with van der Waals surface area (Å²) in [5, 5.41) is 4.71. The van der Waals surface area contributed by atoms with Crippen molar-refractivity contribution in [2.75, 3.05) is 6.61 Å². The van der Waals surface area contributed by atoms with Crippen LogP contribution in [0.15, 0.2) is 58.8 Å². The van der Waals surface area contributed by atoms with E-state index in [9.17, 15) is 4.79 Å². The first-order valence-electron chi connectivity index (χ1n) is 7.75. The van der Waals surface area contributed by atoms with Crippen LogP contribution in [0.4, 0.5) is 0 Å². The molecule has 0 saturated carbocycles. The monoisotopic (exact) mass is 343 g/mol. The number of nitrogens with zero attached hydrogens (tertiary/aromatic N) is 2. The number of pyridine rings is 1. The van der Waals surface area contributed by atoms with E-state index in [1.54, 1.807) is 6.20 Å². The molecule has 1 atom stereocenters. The third kappa shape index (κ3) is 5.38. The van der Waals surface area contributed by atoms with Crippen LogP contribution in [0.5, 0.6) is 5.75 Å². The lowest BCUT2D eigenvalue weighted by Crippen LogP contribution is -2.27. The fourth-order valence-corrected chi connectivity index (χ4v) is 2.71. The second-order valence-corrected chi connectivity index (χ2v) is 6.42. The standard InChI is InChI=1S/C18H21N3O2S/c1-4-23-16-10-8-15(9-11-16)13(2)20-21-18(22)14(3)24-17-7-5-6-12-19-17/h5-12,14H,4H2,1-3H3,(H,21,22). The van der Waals surface area contributed by atoms with Gasteiger partial charge in [0.1, 0.15) is 5.75 Å². The van der Waals surface area contributed by atoms with E-state index in [0.717, 1.165) is 22.1 Å². The SMILES string of the molecule is CCOc1ccc(C(C)=NNC(=O)C(C)Sc2ccccn2)cc1. The molecule has 1 aromatic heterocycles. The number of carbonyl (C=O) groups excluding carboxylic acids is 1. The highest BCUT2D eigenvalue weighted by atomic mass is 32.2. The largest absolute Gasteiger partial charge is 0.494 e. The minimum atomic E-state index is -0.281. The maximum Gasteiger partial charge on any atom is 0.253 e. The van der Waals surface area contributed by atoms with Crippen LogP contribution >= 0.6 is 11.8 Å².